The van der Waals surface area contributed by atoms with Crippen LogP contribution in [0.5, 0.6) is 0 Å². The number of fused-ring (bicyclic) bond motifs is 4. The summed E-state index contributed by atoms with van der Waals surface area (Å²) in [5.74, 6) is -1.78. The molecule has 0 aliphatic heterocycles. The van der Waals surface area contributed by atoms with Crippen LogP contribution in [0, 0.1) is 0 Å². The van der Waals surface area contributed by atoms with Crippen LogP contribution in [0.2, 0.25) is 0 Å². The van der Waals surface area contributed by atoms with E-state index in [0.29, 0.717) is 0 Å². The maximum atomic E-state index is 12.3. The smallest absolute Gasteiger partial charge is 0.200 e. The summed E-state index contributed by atoms with van der Waals surface area (Å²) >= 11 is 48.9. The average molecular weight is 436 g/mol. The number of alkyl halides is 4. The van der Waals surface area contributed by atoms with Crippen LogP contribution in [0.3, 0.4) is 0 Å². The first-order chi connectivity index (χ1) is 8.95. The maximum absolute atomic E-state index is 12.3. The van der Waals surface area contributed by atoms with Crippen LogP contribution in [0.25, 0.3) is 0 Å². The first-order valence-electron chi connectivity index (χ1n) is 4.92. The number of hydrogen-bond acceptors (Lipinski definition) is 2. The van der Waals surface area contributed by atoms with Crippen molar-refractivity contribution >= 4 is 104 Å². The zero-order valence-corrected chi connectivity index (χ0v) is 14.9. The summed E-state index contributed by atoms with van der Waals surface area (Å²) in [4.78, 5) is 16.3. The number of Topliss-reactive ketones (excluding diaryl/α,β-unsaturated/α-hetero) is 2. The highest BCUT2D eigenvalue weighted by Gasteiger charge is 2.98. The van der Waals surface area contributed by atoms with Crippen LogP contribution in [0.15, 0.2) is 20.1 Å². The van der Waals surface area contributed by atoms with Gasteiger partial charge in [0.05, 0.1) is 10.1 Å². The highest BCUT2D eigenvalue weighted by atomic mass is 35.5. The predicted molar refractivity (Wildman–Crippen MR) is 81.8 cm³/mol. The van der Waals surface area contributed by atoms with Crippen LogP contribution in [-0.2, 0) is 9.59 Å². The first-order valence-corrected chi connectivity index (χ1v) is 7.94. The fourth-order valence-electron chi connectivity index (χ4n) is 2.92. The molecule has 0 amide bonds. The van der Waals surface area contributed by atoms with Crippen molar-refractivity contribution in [3.8, 4) is 0 Å². The Kier molecular flexibility index (Phi) is 3.17. The number of halogens is 8. The highest BCUT2D eigenvalue weighted by molar-refractivity contribution is 6.76. The Morgan fingerprint density at radius 1 is 0.550 bits per heavy atom. The van der Waals surface area contributed by atoms with Crippen LogP contribution in [0.1, 0.15) is 0 Å². The summed E-state index contributed by atoms with van der Waals surface area (Å²) in [5.41, 5.74) is 0. The molecule has 3 rings (SSSR count). The van der Waals surface area contributed by atoms with Gasteiger partial charge in [-0.1, -0.05) is 46.4 Å². The first kappa shape index (κ1) is 16.0. The van der Waals surface area contributed by atoms with Gasteiger partial charge in [0.2, 0.25) is 11.6 Å². The predicted octanol–water partition coefficient (Wildman–Crippen LogP) is 4.45. The molecule has 0 spiro atoms. The lowest BCUT2D eigenvalue weighted by Crippen LogP contribution is -2.88. The molecule has 0 heterocycles. The molecule has 10 heteroatoms. The second-order valence-corrected chi connectivity index (χ2v) is 8.33. The van der Waals surface area contributed by atoms with Crippen LogP contribution in [-0.4, -0.2) is 31.1 Å². The van der Waals surface area contributed by atoms with E-state index in [0.717, 1.165) is 0 Å². The molecular weight excluding hydrogens is 436 g/mol. The van der Waals surface area contributed by atoms with Crippen LogP contribution >= 0.6 is 92.8 Å². The molecule has 1 saturated carbocycles. The lowest BCUT2D eigenvalue weighted by molar-refractivity contribution is -0.129. The largest absolute Gasteiger partial charge is 0.291 e. The molecule has 0 aromatic heterocycles. The third-order valence-corrected chi connectivity index (χ3v) is 9.34. The summed E-state index contributed by atoms with van der Waals surface area (Å²) in [5, 5.41) is -1.49. The Bertz CT molecular complexity index is 625. The number of ketones is 2. The maximum Gasteiger partial charge on any atom is 0.200 e. The highest BCUT2D eigenvalue weighted by Crippen LogP contribution is 2.82. The molecule has 3 aliphatic rings. The van der Waals surface area contributed by atoms with E-state index in [1.165, 1.54) is 0 Å². The lowest BCUT2D eigenvalue weighted by atomic mass is 9.55. The molecule has 108 valence electrons. The molecule has 4 atom stereocenters. The quantitative estimate of drug-likeness (QED) is 0.527. The third kappa shape index (κ3) is 1.06. The van der Waals surface area contributed by atoms with Crippen molar-refractivity contribution in [2.24, 2.45) is 0 Å². The van der Waals surface area contributed by atoms with E-state index in [9.17, 15) is 9.59 Å². The molecule has 0 aromatic rings. The minimum absolute atomic E-state index is 0.315. The van der Waals surface area contributed by atoms with Gasteiger partial charge in [0.25, 0.3) is 0 Å². The van der Waals surface area contributed by atoms with Crippen molar-refractivity contribution < 1.29 is 9.59 Å². The zero-order chi connectivity index (χ0) is 15.5. The Balaban J connectivity index is 2.42. The minimum atomic E-state index is -2.16. The Labute approximate surface area is 152 Å². The Morgan fingerprint density at radius 3 is 1.05 bits per heavy atom. The van der Waals surface area contributed by atoms with Crippen molar-refractivity contribution in [1.29, 1.82) is 0 Å². The summed E-state index contributed by atoms with van der Waals surface area (Å²) in [7, 11) is 0. The van der Waals surface area contributed by atoms with Crippen molar-refractivity contribution in [1.82, 2.24) is 0 Å². The van der Waals surface area contributed by atoms with Gasteiger partial charge >= 0.3 is 0 Å². The normalized spacial score (nSPS) is 50.6. The van der Waals surface area contributed by atoms with E-state index >= 15 is 0 Å². The fourth-order valence-corrected chi connectivity index (χ4v) is 7.04. The molecule has 0 unspecified atom stereocenters. The van der Waals surface area contributed by atoms with Gasteiger partial charge in [-0.25, -0.2) is 0 Å². The fraction of sp³-hybridized carbons (Fsp3) is 0.400. The van der Waals surface area contributed by atoms with Gasteiger partial charge in [0, 0.05) is 0 Å². The SMILES string of the molecule is O=C1C(Cl)=C(Cl)[C@]2(Cl)[C@@]1(Cl)[C@@]1(Cl)C(=O)C(Cl)=C(Cl)[C@]12Cl. The number of carbonyl (C=O) groups is 2. The van der Waals surface area contributed by atoms with E-state index in [4.69, 9.17) is 92.8 Å². The number of carbonyl (C=O) groups excluding carboxylic acids is 2. The second kappa shape index (κ2) is 3.96. The van der Waals surface area contributed by atoms with Crippen molar-refractivity contribution in [3.63, 3.8) is 0 Å². The van der Waals surface area contributed by atoms with Crippen molar-refractivity contribution in [2.75, 3.05) is 0 Å². The monoisotopic (exact) mass is 432 g/mol. The van der Waals surface area contributed by atoms with Crippen molar-refractivity contribution in [3.05, 3.63) is 20.1 Å². The molecule has 2 nitrogen and oxygen atoms in total. The third-order valence-electron chi connectivity index (χ3n) is 3.91. The molecule has 0 saturated heterocycles. The second-order valence-electron chi connectivity index (χ2n) is 4.55. The number of hydrogen-bond donors (Lipinski definition) is 0. The van der Waals surface area contributed by atoms with Gasteiger partial charge in [0.1, 0.15) is 19.8 Å². The van der Waals surface area contributed by atoms with E-state index in [2.05, 4.69) is 0 Å². The van der Waals surface area contributed by atoms with Gasteiger partial charge in [-0.15, -0.1) is 46.4 Å². The van der Waals surface area contributed by atoms with Gasteiger partial charge < -0.3 is 0 Å². The number of allylic oxidation sites excluding steroid dienone is 4. The zero-order valence-electron chi connectivity index (χ0n) is 8.84. The van der Waals surface area contributed by atoms with Crippen LogP contribution < -0.4 is 0 Å². The van der Waals surface area contributed by atoms with E-state index < -0.39 is 41.1 Å². The van der Waals surface area contributed by atoms with Crippen molar-refractivity contribution in [2.45, 2.75) is 19.5 Å². The van der Waals surface area contributed by atoms with Crippen LogP contribution in [0.4, 0.5) is 0 Å². The summed E-state index contributed by atoms with van der Waals surface area (Å²) in [6, 6.07) is 0. The molecule has 20 heavy (non-hydrogen) atoms. The van der Waals surface area contributed by atoms with Gasteiger partial charge in [-0.05, 0) is 0 Å². The Hall–Kier alpha value is 1.14. The van der Waals surface area contributed by atoms with Gasteiger partial charge in [0.15, 0.2) is 9.75 Å². The summed E-state index contributed by atoms with van der Waals surface area (Å²) < 4.78 is 0. The van der Waals surface area contributed by atoms with Gasteiger partial charge in [-0.3, -0.25) is 9.59 Å². The molecular formula is C10Cl8O2. The van der Waals surface area contributed by atoms with E-state index in [1.54, 1.807) is 0 Å². The average Bonchev–Trinajstić information content (AvgIpc) is 2.64. The minimum Gasteiger partial charge on any atom is -0.291 e. The molecule has 1 fully saturated rings. The topological polar surface area (TPSA) is 34.1 Å². The molecule has 3 aliphatic carbocycles. The molecule has 0 aromatic carbocycles. The molecule has 0 bridgehead atoms. The molecule has 0 radical (unpaired) electrons. The lowest BCUT2D eigenvalue weighted by Gasteiger charge is -2.65. The van der Waals surface area contributed by atoms with E-state index in [-0.39, 0.29) is 10.1 Å². The summed E-state index contributed by atoms with van der Waals surface area (Å²) in [6.45, 7) is 0. The van der Waals surface area contributed by atoms with Gasteiger partial charge in [-0.2, -0.15) is 0 Å². The van der Waals surface area contributed by atoms with E-state index in [1.807, 2.05) is 0 Å². The summed E-state index contributed by atoms with van der Waals surface area (Å²) in [6.07, 6.45) is 0. The molecule has 0 N–H and O–H groups in total. The standard InChI is InChI=1S/C10Cl8O2/c11-1-3(13)7(15)8(16)4(14)2(12)6(20)10(8,18)9(7,17)5(1)19/t7-,8-,9-,10-/m1/s1. The Morgan fingerprint density at radius 2 is 0.800 bits per heavy atom. The number of rotatable bonds is 0.